The van der Waals surface area contributed by atoms with E-state index in [0.717, 1.165) is 10.9 Å². The summed E-state index contributed by atoms with van der Waals surface area (Å²) in [5.74, 6) is -1.08. The second kappa shape index (κ2) is 4.56. The molecular weight excluding hydrogens is 190 g/mol. The van der Waals surface area contributed by atoms with Crippen molar-refractivity contribution in [3.05, 3.63) is 16.8 Å². The van der Waals surface area contributed by atoms with Crippen LogP contribution in [0.1, 0.15) is 12.5 Å². The number of ether oxygens (including phenoxy) is 1. The summed E-state index contributed by atoms with van der Waals surface area (Å²) < 4.78 is 5.78. The first kappa shape index (κ1) is 10.5. The smallest absolute Gasteiger partial charge is 0.343 e. The van der Waals surface area contributed by atoms with Gasteiger partial charge >= 0.3 is 11.7 Å². The lowest BCUT2D eigenvalue weighted by Crippen LogP contribution is -2.28. The largest absolute Gasteiger partial charge is 0.480 e. The Kier molecular flexibility index (Phi) is 3.41. The van der Waals surface area contributed by atoms with Crippen LogP contribution in [0.15, 0.2) is 11.1 Å². The van der Waals surface area contributed by atoms with Gasteiger partial charge in [-0.05, 0) is 0 Å². The van der Waals surface area contributed by atoms with Crippen molar-refractivity contribution < 1.29 is 14.6 Å². The van der Waals surface area contributed by atoms with E-state index in [1.807, 2.05) is 0 Å². The number of aliphatic carboxylic acids is 1. The first-order chi connectivity index (χ1) is 6.66. The molecule has 0 spiro atoms. The number of rotatable bonds is 5. The van der Waals surface area contributed by atoms with Crippen molar-refractivity contribution in [3.63, 3.8) is 0 Å². The average molecular weight is 201 g/mol. The molecular formula is C7H11N3O4. The van der Waals surface area contributed by atoms with Crippen LogP contribution in [0.2, 0.25) is 0 Å². The van der Waals surface area contributed by atoms with Gasteiger partial charge < -0.3 is 9.84 Å². The number of carboxylic acid groups (broad SMARTS) is 1. The molecule has 1 heterocycles. The van der Waals surface area contributed by atoms with E-state index in [0.29, 0.717) is 0 Å². The maximum Gasteiger partial charge on any atom is 0.343 e. The van der Waals surface area contributed by atoms with Crippen molar-refractivity contribution in [1.82, 2.24) is 14.8 Å². The fraction of sp³-hybridized carbons (Fsp3) is 0.571. The summed E-state index contributed by atoms with van der Waals surface area (Å²) in [6.07, 6.45) is 1.39. The molecule has 0 saturated heterocycles. The maximum absolute atomic E-state index is 11.1. The van der Waals surface area contributed by atoms with Gasteiger partial charge in [0, 0.05) is 20.1 Å². The van der Waals surface area contributed by atoms with Gasteiger partial charge in [0.2, 0.25) is 0 Å². The highest BCUT2D eigenvalue weighted by molar-refractivity contribution is 5.71. The molecule has 0 fully saturated rings. The van der Waals surface area contributed by atoms with Crippen molar-refractivity contribution in [1.29, 1.82) is 0 Å². The highest BCUT2D eigenvalue weighted by Crippen LogP contribution is 2.07. The van der Waals surface area contributed by atoms with Crippen molar-refractivity contribution >= 4 is 5.97 Å². The van der Waals surface area contributed by atoms with Crippen LogP contribution in [-0.4, -0.2) is 39.6 Å². The molecule has 1 rings (SSSR count). The number of carbonyl (C=O) groups is 1. The van der Waals surface area contributed by atoms with E-state index in [9.17, 15) is 9.59 Å². The number of aromatic nitrogens is 3. The first-order valence-electron chi connectivity index (χ1n) is 4.00. The van der Waals surface area contributed by atoms with Crippen molar-refractivity contribution in [2.45, 2.75) is 12.5 Å². The molecule has 7 nitrogen and oxygen atoms in total. The minimum absolute atomic E-state index is 0.227. The number of carboxylic acids is 1. The zero-order chi connectivity index (χ0) is 10.6. The van der Waals surface area contributed by atoms with Gasteiger partial charge in [0.25, 0.3) is 0 Å². The molecule has 0 amide bonds. The summed E-state index contributed by atoms with van der Waals surface area (Å²) in [5.41, 5.74) is -0.534. The second-order valence-corrected chi connectivity index (χ2v) is 2.70. The number of nitrogens with one attached hydrogen (secondary N) is 1. The summed E-state index contributed by atoms with van der Waals surface area (Å²) in [5, 5.41) is 14.4. The van der Waals surface area contributed by atoms with Crippen LogP contribution in [0.5, 0.6) is 0 Å². The number of H-pyrrole nitrogens is 1. The first-order valence-corrected chi connectivity index (χ1v) is 4.00. The van der Waals surface area contributed by atoms with Gasteiger partial charge in [0.05, 0.1) is 0 Å². The normalized spacial score (nSPS) is 12.6. The summed E-state index contributed by atoms with van der Waals surface area (Å²) in [7, 11) is 1.47. The fourth-order valence-electron chi connectivity index (χ4n) is 1.09. The van der Waals surface area contributed by atoms with E-state index in [1.165, 1.54) is 7.11 Å². The summed E-state index contributed by atoms with van der Waals surface area (Å²) in [6, 6.07) is -0.929. The molecule has 0 saturated carbocycles. The molecule has 2 N–H and O–H groups in total. The van der Waals surface area contributed by atoms with E-state index in [-0.39, 0.29) is 13.0 Å². The fourth-order valence-corrected chi connectivity index (χ4v) is 1.09. The Labute approximate surface area is 79.3 Å². The van der Waals surface area contributed by atoms with Gasteiger partial charge in [-0.15, -0.1) is 0 Å². The predicted octanol–water partition coefficient (Wildman–Crippen LogP) is -0.766. The monoisotopic (exact) mass is 201 g/mol. The zero-order valence-electron chi connectivity index (χ0n) is 7.64. The number of nitrogens with zero attached hydrogens (tertiary/aromatic N) is 2. The molecule has 1 aromatic heterocycles. The molecule has 0 bridgehead atoms. The molecule has 14 heavy (non-hydrogen) atoms. The Bertz CT molecular complexity index is 356. The number of methoxy groups -OCH3 is 1. The van der Waals surface area contributed by atoms with Crippen LogP contribution in [0.4, 0.5) is 0 Å². The van der Waals surface area contributed by atoms with Crippen LogP contribution in [0.25, 0.3) is 0 Å². The molecule has 0 aromatic carbocycles. The Morgan fingerprint density at radius 2 is 2.57 bits per heavy atom. The third kappa shape index (κ3) is 2.19. The van der Waals surface area contributed by atoms with Gasteiger partial charge in [0.15, 0.2) is 0 Å². The maximum atomic E-state index is 11.1. The molecule has 0 aliphatic rings. The molecule has 0 aliphatic heterocycles. The Balaban J connectivity index is 2.83. The molecule has 0 radical (unpaired) electrons. The summed E-state index contributed by atoms with van der Waals surface area (Å²) >= 11 is 0. The molecule has 7 heteroatoms. The number of aromatic amines is 1. The topological polar surface area (TPSA) is 97.2 Å². The minimum Gasteiger partial charge on any atom is -0.480 e. The van der Waals surface area contributed by atoms with Crippen LogP contribution in [0.3, 0.4) is 0 Å². The quantitative estimate of drug-likeness (QED) is 0.652. The lowest BCUT2D eigenvalue weighted by atomic mass is 10.2. The van der Waals surface area contributed by atoms with Crippen molar-refractivity contribution in [2.75, 3.05) is 13.7 Å². The van der Waals surface area contributed by atoms with Gasteiger partial charge in [-0.25, -0.2) is 14.7 Å². The average Bonchev–Trinajstić information content (AvgIpc) is 2.52. The molecule has 1 unspecified atom stereocenters. The number of hydrogen-bond acceptors (Lipinski definition) is 4. The lowest BCUT2D eigenvalue weighted by Gasteiger charge is -2.10. The standard InChI is InChI=1S/C7H11N3O4/c1-14-3-2-5(6(11)12)10-4-8-9-7(10)13/h4-5H,2-3H2,1H3,(H,9,13)(H,11,12). The zero-order valence-corrected chi connectivity index (χ0v) is 7.64. The van der Waals surface area contributed by atoms with Crippen molar-refractivity contribution in [3.8, 4) is 0 Å². The molecule has 1 atom stereocenters. The third-order valence-electron chi connectivity index (χ3n) is 1.79. The Morgan fingerprint density at radius 1 is 1.86 bits per heavy atom. The van der Waals surface area contributed by atoms with Gasteiger partial charge in [-0.2, -0.15) is 5.10 Å². The minimum atomic E-state index is -1.08. The number of hydrogen-bond donors (Lipinski definition) is 2. The summed E-state index contributed by atoms with van der Waals surface area (Å²) in [6.45, 7) is 0.272. The molecule has 78 valence electrons. The Morgan fingerprint density at radius 3 is 3.00 bits per heavy atom. The van der Waals surface area contributed by atoms with Crippen LogP contribution in [-0.2, 0) is 9.53 Å². The summed E-state index contributed by atoms with van der Waals surface area (Å²) in [4.78, 5) is 21.9. The van der Waals surface area contributed by atoms with Gasteiger partial charge in [0.1, 0.15) is 12.4 Å². The van der Waals surface area contributed by atoms with E-state index in [1.54, 1.807) is 0 Å². The van der Waals surface area contributed by atoms with Crippen LogP contribution >= 0.6 is 0 Å². The lowest BCUT2D eigenvalue weighted by molar-refractivity contribution is -0.141. The third-order valence-corrected chi connectivity index (χ3v) is 1.79. The molecule has 0 aliphatic carbocycles. The van der Waals surface area contributed by atoms with E-state index >= 15 is 0 Å². The SMILES string of the molecule is COCCC(C(=O)O)n1cn[nH]c1=O. The van der Waals surface area contributed by atoms with E-state index < -0.39 is 17.7 Å². The molecule has 1 aromatic rings. The highest BCUT2D eigenvalue weighted by atomic mass is 16.5. The highest BCUT2D eigenvalue weighted by Gasteiger charge is 2.20. The van der Waals surface area contributed by atoms with E-state index in [2.05, 4.69) is 10.2 Å². The van der Waals surface area contributed by atoms with Crippen LogP contribution in [0, 0.1) is 0 Å². The second-order valence-electron chi connectivity index (χ2n) is 2.70. The predicted molar refractivity (Wildman–Crippen MR) is 46.0 cm³/mol. The van der Waals surface area contributed by atoms with Crippen LogP contribution < -0.4 is 5.69 Å². The van der Waals surface area contributed by atoms with Crippen molar-refractivity contribution in [2.24, 2.45) is 0 Å². The van der Waals surface area contributed by atoms with Gasteiger partial charge in [-0.3, -0.25) is 4.57 Å². The Hall–Kier alpha value is -1.63. The van der Waals surface area contributed by atoms with E-state index in [4.69, 9.17) is 9.84 Å². The van der Waals surface area contributed by atoms with Gasteiger partial charge in [-0.1, -0.05) is 0 Å².